The highest BCUT2D eigenvalue weighted by molar-refractivity contribution is 5.83. The second kappa shape index (κ2) is 12.3. The number of carboxylic acids is 1. The summed E-state index contributed by atoms with van der Waals surface area (Å²) in [6, 6.07) is 4.81. The zero-order chi connectivity index (χ0) is 23.7. The monoisotopic (exact) mass is 441 g/mol. The van der Waals surface area contributed by atoms with Crippen molar-refractivity contribution in [2.24, 2.45) is 11.7 Å². The van der Waals surface area contributed by atoms with Gasteiger partial charge >= 0.3 is 5.97 Å². The molecule has 2 amide bonds. The molecule has 11 heteroatoms. The summed E-state index contributed by atoms with van der Waals surface area (Å²) in [6.45, 7) is 2.59. The Morgan fingerprint density at radius 2 is 1.55 bits per heavy atom. The molecule has 1 aromatic rings. The Morgan fingerprint density at radius 3 is 2.03 bits per heavy atom. The fraction of sp³-hybridized carbons (Fsp3) is 0.550. The zero-order valence-electron chi connectivity index (χ0n) is 17.4. The van der Waals surface area contributed by atoms with Crippen molar-refractivity contribution in [3.8, 4) is 0 Å². The summed E-state index contributed by atoms with van der Waals surface area (Å²) in [5.41, 5.74) is 6.16. The van der Waals surface area contributed by atoms with Crippen LogP contribution in [0.3, 0.4) is 0 Å². The maximum atomic E-state index is 12.4. The highest BCUT2D eigenvalue weighted by Crippen LogP contribution is 2.17. The molecule has 0 aliphatic carbocycles. The minimum Gasteiger partial charge on any atom is -0.481 e. The molecule has 31 heavy (non-hydrogen) atoms. The Balaban J connectivity index is 2.85. The van der Waals surface area contributed by atoms with Crippen molar-refractivity contribution < 1.29 is 39.9 Å². The SMILES string of the molecule is CC(C)C(N)C(=O)NC(CO)C(O)C(O)C(O)C(=O)NC(CC(=O)O)c1ccccc1. The van der Waals surface area contributed by atoms with Crippen LogP contribution in [0, 0.1) is 5.92 Å². The van der Waals surface area contributed by atoms with Gasteiger partial charge in [0.25, 0.3) is 5.91 Å². The van der Waals surface area contributed by atoms with E-state index in [-0.39, 0.29) is 5.92 Å². The lowest BCUT2D eigenvalue weighted by atomic mass is 9.98. The molecule has 0 aliphatic heterocycles. The van der Waals surface area contributed by atoms with Gasteiger partial charge in [0.15, 0.2) is 6.10 Å². The van der Waals surface area contributed by atoms with E-state index in [1.165, 1.54) is 0 Å². The van der Waals surface area contributed by atoms with E-state index in [0.717, 1.165) is 0 Å². The molecule has 9 N–H and O–H groups in total. The fourth-order valence-electron chi connectivity index (χ4n) is 2.77. The molecule has 6 atom stereocenters. The van der Waals surface area contributed by atoms with Gasteiger partial charge in [-0.25, -0.2) is 0 Å². The van der Waals surface area contributed by atoms with Gasteiger partial charge < -0.3 is 41.9 Å². The molecule has 0 fully saturated rings. The molecule has 0 aromatic heterocycles. The Kier molecular flexibility index (Phi) is 10.5. The molecular weight excluding hydrogens is 410 g/mol. The van der Waals surface area contributed by atoms with Gasteiger partial charge in [-0.3, -0.25) is 14.4 Å². The molecule has 0 heterocycles. The number of carbonyl (C=O) groups excluding carboxylic acids is 2. The van der Waals surface area contributed by atoms with E-state index in [1.54, 1.807) is 44.2 Å². The Hall–Kier alpha value is -2.57. The van der Waals surface area contributed by atoms with Crippen LogP contribution >= 0.6 is 0 Å². The van der Waals surface area contributed by atoms with Crippen molar-refractivity contribution >= 4 is 17.8 Å². The van der Waals surface area contributed by atoms with E-state index in [1.807, 2.05) is 0 Å². The number of nitrogens with two attached hydrogens (primary N) is 1. The Labute approximate surface area is 179 Å². The van der Waals surface area contributed by atoms with Gasteiger partial charge in [-0.05, 0) is 11.5 Å². The first kappa shape index (κ1) is 26.5. The molecule has 1 rings (SSSR count). The molecule has 0 saturated carbocycles. The van der Waals surface area contributed by atoms with Crippen molar-refractivity contribution in [2.75, 3.05) is 6.61 Å². The van der Waals surface area contributed by atoms with E-state index >= 15 is 0 Å². The lowest BCUT2D eigenvalue weighted by molar-refractivity contribution is -0.145. The first-order chi connectivity index (χ1) is 14.5. The van der Waals surface area contributed by atoms with Gasteiger partial charge in [0.2, 0.25) is 5.91 Å². The number of aliphatic hydroxyl groups excluding tert-OH is 4. The molecule has 0 bridgehead atoms. The normalized spacial score (nSPS) is 17.2. The first-order valence-electron chi connectivity index (χ1n) is 9.77. The number of aliphatic hydroxyl groups is 4. The average molecular weight is 441 g/mol. The molecule has 174 valence electrons. The third kappa shape index (κ3) is 7.89. The summed E-state index contributed by atoms with van der Waals surface area (Å²) in [6.07, 6.45) is -6.65. The van der Waals surface area contributed by atoms with Crippen LogP contribution in [-0.2, 0) is 14.4 Å². The quantitative estimate of drug-likeness (QED) is 0.178. The summed E-state index contributed by atoms with van der Waals surface area (Å²) in [5, 5.41) is 53.8. The van der Waals surface area contributed by atoms with Crippen LogP contribution in [0.25, 0.3) is 0 Å². The van der Waals surface area contributed by atoms with E-state index in [9.17, 15) is 34.8 Å². The van der Waals surface area contributed by atoms with Gasteiger partial charge in [-0.1, -0.05) is 44.2 Å². The van der Waals surface area contributed by atoms with Crippen LogP contribution in [0.4, 0.5) is 0 Å². The van der Waals surface area contributed by atoms with Crippen LogP contribution in [0.1, 0.15) is 31.9 Å². The lowest BCUT2D eigenvalue weighted by Gasteiger charge is -2.30. The molecular formula is C20H31N3O8. The van der Waals surface area contributed by atoms with Crippen LogP contribution in [0.2, 0.25) is 0 Å². The Bertz CT molecular complexity index is 730. The number of amides is 2. The molecule has 0 aliphatic rings. The number of hydrogen-bond donors (Lipinski definition) is 8. The summed E-state index contributed by atoms with van der Waals surface area (Å²) >= 11 is 0. The van der Waals surface area contributed by atoms with Crippen LogP contribution in [0.5, 0.6) is 0 Å². The largest absolute Gasteiger partial charge is 0.481 e. The van der Waals surface area contributed by atoms with Crippen LogP contribution in [-0.4, -0.2) is 80.3 Å². The number of hydrogen-bond acceptors (Lipinski definition) is 8. The summed E-state index contributed by atoms with van der Waals surface area (Å²) in [5.74, 6) is -3.26. The summed E-state index contributed by atoms with van der Waals surface area (Å²) < 4.78 is 0. The van der Waals surface area contributed by atoms with Crippen molar-refractivity contribution in [3.63, 3.8) is 0 Å². The second-order valence-corrected chi connectivity index (χ2v) is 7.56. The molecule has 0 radical (unpaired) electrons. The Morgan fingerprint density at radius 1 is 0.968 bits per heavy atom. The highest BCUT2D eigenvalue weighted by atomic mass is 16.4. The molecule has 0 saturated heterocycles. The van der Waals surface area contributed by atoms with E-state index < -0.39 is 67.2 Å². The minimum absolute atomic E-state index is 0.234. The summed E-state index contributed by atoms with van der Waals surface area (Å²) in [7, 11) is 0. The van der Waals surface area contributed by atoms with Crippen LogP contribution < -0.4 is 16.4 Å². The predicted octanol–water partition coefficient (Wildman–Crippen LogP) is -2.14. The van der Waals surface area contributed by atoms with E-state index in [4.69, 9.17) is 10.8 Å². The molecule has 11 nitrogen and oxygen atoms in total. The topological polar surface area (TPSA) is 202 Å². The van der Waals surface area contributed by atoms with Gasteiger partial charge in [0.1, 0.15) is 12.2 Å². The van der Waals surface area contributed by atoms with Gasteiger partial charge in [-0.2, -0.15) is 0 Å². The van der Waals surface area contributed by atoms with E-state index in [2.05, 4.69) is 10.6 Å². The second-order valence-electron chi connectivity index (χ2n) is 7.56. The number of aliphatic carboxylic acids is 1. The smallest absolute Gasteiger partial charge is 0.305 e. The zero-order valence-corrected chi connectivity index (χ0v) is 17.4. The number of carbonyl (C=O) groups is 3. The third-order valence-electron chi connectivity index (χ3n) is 4.80. The molecule has 0 spiro atoms. The fourth-order valence-corrected chi connectivity index (χ4v) is 2.77. The standard InChI is InChI=1S/C20H31N3O8/c1-10(2)15(21)19(30)23-13(9-24)16(27)17(28)18(29)20(31)22-12(8-14(25)26)11-6-4-3-5-7-11/h3-7,10,12-13,15-18,24,27-29H,8-9,21H2,1-2H3,(H,22,31)(H,23,30)(H,25,26). The van der Waals surface area contributed by atoms with Crippen LogP contribution in [0.15, 0.2) is 30.3 Å². The number of rotatable bonds is 12. The maximum Gasteiger partial charge on any atom is 0.305 e. The predicted molar refractivity (Wildman–Crippen MR) is 109 cm³/mol. The van der Waals surface area contributed by atoms with Crippen molar-refractivity contribution in [3.05, 3.63) is 35.9 Å². The molecule has 6 unspecified atom stereocenters. The first-order valence-corrected chi connectivity index (χ1v) is 9.77. The van der Waals surface area contributed by atoms with Crippen molar-refractivity contribution in [1.29, 1.82) is 0 Å². The van der Waals surface area contributed by atoms with Gasteiger partial charge in [0, 0.05) is 0 Å². The minimum atomic E-state index is -2.17. The number of nitrogens with one attached hydrogen (secondary N) is 2. The van der Waals surface area contributed by atoms with E-state index in [0.29, 0.717) is 5.56 Å². The molecule has 1 aromatic carbocycles. The summed E-state index contributed by atoms with van der Waals surface area (Å²) in [4.78, 5) is 35.6. The van der Waals surface area contributed by atoms with Crippen molar-refractivity contribution in [1.82, 2.24) is 10.6 Å². The van der Waals surface area contributed by atoms with Crippen molar-refractivity contribution in [2.45, 2.75) is 56.7 Å². The maximum absolute atomic E-state index is 12.4. The lowest BCUT2D eigenvalue weighted by Crippen LogP contribution is -2.59. The number of carboxylic acid groups (broad SMARTS) is 1. The van der Waals surface area contributed by atoms with Gasteiger partial charge in [0.05, 0.1) is 31.2 Å². The third-order valence-corrected chi connectivity index (χ3v) is 4.80. The average Bonchev–Trinajstić information content (AvgIpc) is 2.74. The highest BCUT2D eigenvalue weighted by Gasteiger charge is 2.37. The van der Waals surface area contributed by atoms with Gasteiger partial charge in [-0.15, -0.1) is 0 Å². The number of benzene rings is 1.